The Kier molecular flexibility index (Phi) is 5.22. The molecule has 0 fully saturated rings. The summed E-state index contributed by atoms with van der Waals surface area (Å²) in [4.78, 5) is 20.6. The fourth-order valence-electron chi connectivity index (χ4n) is 3.36. The molecule has 30 heavy (non-hydrogen) atoms. The highest BCUT2D eigenvalue weighted by atomic mass is 16.1. The molecule has 2 aromatic carbocycles. The Balaban J connectivity index is 1.65. The van der Waals surface area contributed by atoms with E-state index in [-0.39, 0.29) is 0 Å². The van der Waals surface area contributed by atoms with E-state index in [1.54, 1.807) is 24.9 Å². The largest absolute Gasteiger partial charge is 0.366 e. The van der Waals surface area contributed by atoms with E-state index in [1.165, 1.54) is 4.68 Å². The number of hydrogen-bond acceptors (Lipinski definition) is 4. The molecule has 0 atom stereocenters. The van der Waals surface area contributed by atoms with E-state index in [2.05, 4.69) is 21.1 Å². The maximum Gasteiger partial charge on any atom is 0.250 e. The van der Waals surface area contributed by atoms with Crippen LogP contribution in [0.15, 0.2) is 73.3 Å². The summed E-state index contributed by atoms with van der Waals surface area (Å²) in [5.41, 5.74) is 11.9. The van der Waals surface area contributed by atoms with E-state index in [0.29, 0.717) is 17.0 Å². The Bertz CT molecular complexity index is 1200. The molecule has 0 spiro atoms. The number of pyridine rings is 1. The van der Waals surface area contributed by atoms with E-state index in [1.807, 2.05) is 62.4 Å². The standard InChI is InChI=1S/C24H21N5O/c1-16-10-17(2)12-21(11-16)24-27-15-29(28-24)14-22(23(25)30)19-7-5-18(6-8-19)20-4-3-9-26-13-20/h3-15H,1-2H3,(H2,25,30)/b22-14+. The molecule has 148 valence electrons. The summed E-state index contributed by atoms with van der Waals surface area (Å²) in [5.74, 6) is 0.0568. The number of amides is 1. The zero-order chi connectivity index (χ0) is 21.1. The van der Waals surface area contributed by atoms with Gasteiger partial charge in [0.2, 0.25) is 0 Å². The van der Waals surface area contributed by atoms with Crippen molar-refractivity contribution in [2.45, 2.75) is 13.8 Å². The first-order chi connectivity index (χ1) is 14.5. The zero-order valence-electron chi connectivity index (χ0n) is 16.8. The summed E-state index contributed by atoms with van der Waals surface area (Å²) in [5, 5.41) is 4.49. The fourth-order valence-corrected chi connectivity index (χ4v) is 3.36. The summed E-state index contributed by atoms with van der Waals surface area (Å²) < 4.78 is 1.52. The van der Waals surface area contributed by atoms with E-state index >= 15 is 0 Å². The van der Waals surface area contributed by atoms with Crippen molar-refractivity contribution in [1.82, 2.24) is 19.7 Å². The molecule has 2 heterocycles. The van der Waals surface area contributed by atoms with Crippen LogP contribution in [0.5, 0.6) is 0 Å². The van der Waals surface area contributed by atoms with Gasteiger partial charge in [-0.3, -0.25) is 9.78 Å². The fraction of sp³-hybridized carbons (Fsp3) is 0.0833. The third kappa shape index (κ3) is 4.17. The number of carbonyl (C=O) groups excluding carboxylic acids is 1. The van der Waals surface area contributed by atoms with Crippen LogP contribution in [0.2, 0.25) is 0 Å². The van der Waals surface area contributed by atoms with Crippen LogP contribution in [0.1, 0.15) is 16.7 Å². The molecule has 0 bridgehead atoms. The van der Waals surface area contributed by atoms with Crippen molar-refractivity contribution in [3.8, 4) is 22.5 Å². The first-order valence-electron chi connectivity index (χ1n) is 9.52. The van der Waals surface area contributed by atoms with Crippen LogP contribution >= 0.6 is 0 Å². The highest BCUT2D eigenvalue weighted by Crippen LogP contribution is 2.23. The van der Waals surface area contributed by atoms with Gasteiger partial charge in [0.1, 0.15) is 6.33 Å². The predicted octanol–water partition coefficient (Wildman–Crippen LogP) is 4.11. The molecular formula is C24H21N5O. The number of aryl methyl sites for hydroxylation is 2. The molecule has 4 aromatic rings. The van der Waals surface area contributed by atoms with Gasteiger partial charge in [-0.15, -0.1) is 5.10 Å². The molecule has 0 aliphatic rings. The summed E-state index contributed by atoms with van der Waals surface area (Å²) in [6, 6.07) is 17.6. The van der Waals surface area contributed by atoms with Crippen molar-refractivity contribution in [2.75, 3.05) is 0 Å². The minimum absolute atomic E-state index is 0.351. The minimum atomic E-state index is -0.535. The molecule has 0 radical (unpaired) electrons. The minimum Gasteiger partial charge on any atom is -0.366 e. The Labute approximate surface area is 174 Å². The quantitative estimate of drug-likeness (QED) is 0.515. The lowest BCUT2D eigenvalue weighted by molar-refractivity contribution is -0.112. The van der Waals surface area contributed by atoms with Crippen LogP contribution in [-0.4, -0.2) is 25.7 Å². The lowest BCUT2D eigenvalue weighted by Gasteiger charge is -2.06. The topological polar surface area (TPSA) is 86.7 Å². The van der Waals surface area contributed by atoms with Gasteiger partial charge in [0.15, 0.2) is 5.82 Å². The van der Waals surface area contributed by atoms with Gasteiger partial charge < -0.3 is 5.73 Å². The predicted molar refractivity (Wildman–Crippen MR) is 118 cm³/mol. The van der Waals surface area contributed by atoms with E-state index in [9.17, 15) is 4.79 Å². The normalized spacial score (nSPS) is 11.5. The zero-order valence-corrected chi connectivity index (χ0v) is 16.8. The molecule has 6 heteroatoms. The summed E-state index contributed by atoms with van der Waals surface area (Å²) in [7, 11) is 0. The first-order valence-corrected chi connectivity index (χ1v) is 9.52. The second-order valence-electron chi connectivity index (χ2n) is 7.15. The number of primary amides is 1. The Morgan fingerprint density at radius 1 is 0.967 bits per heavy atom. The van der Waals surface area contributed by atoms with Crippen LogP contribution in [0.3, 0.4) is 0 Å². The van der Waals surface area contributed by atoms with Gasteiger partial charge in [-0.1, -0.05) is 47.5 Å². The van der Waals surface area contributed by atoms with Crippen molar-refractivity contribution >= 4 is 17.7 Å². The summed E-state index contributed by atoms with van der Waals surface area (Å²) in [6.45, 7) is 4.07. The molecule has 0 unspecified atom stereocenters. The number of rotatable bonds is 5. The van der Waals surface area contributed by atoms with Gasteiger partial charge in [-0.05, 0) is 48.7 Å². The number of nitrogens with zero attached hydrogens (tertiary/aromatic N) is 4. The molecule has 4 rings (SSSR count). The van der Waals surface area contributed by atoms with Crippen LogP contribution in [-0.2, 0) is 4.79 Å². The molecule has 2 aromatic heterocycles. The average molecular weight is 395 g/mol. The van der Waals surface area contributed by atoms with Gasteiger partial charge in [0.25, 0.3) is 5.91 Å². The maximum atomic E-state index is 12.1. The van der Waals surface area contributed by atoms with Crippen molar-refractivity contribution < 1.29 is 4.79 Å². The molecule has 0 saturated heterocycles. The second kappa shape index (κ2) is 8.13. The van der Waals surface area contributed by atoms with E-state index in [0.717, 1.165) is 27.8 Å². The van der Waals surface area contributed by atoms with Gasteiger partial charge in [-0.2, -0.15) is 0 Å². The van der Waals surface area contributed by atoms with Gasteiger partial charge in [0.05, 0.1) is 5.57 Å². The molecule has 6 nitrogen and oxygen atoms in total. The number of carbonyl (C=O) groups is 1. The summed E-state index contributed by atoms with van der Waals surface area (Å²) in [6.07, 6.45) is 6.69. The lowest BCUT2D eigenvalue weighted by Crippen LogP contribution is -2.13. The first kappa shape index (κ1) is 19.3. The third-order valence-corrected chi connectivity index (χ3v) is 4.71. The van der Waals surface area contributed by atoms with E-state index in [4.69, 9.17) is 5.73 Å². The Morgan fingerprint density at radius 3 is 2.33 bits per heavy atom. The summed E-state index contributed by atoms with van der Waals surface area (Å²) >= 11 is 0. The van der Waals surface area contributed by atoms with Gasteiger partial charge >= 0.3 is 0 Å². The number of hydrogen-bond donors (Lipinski definition) is 1. The van der Waals surface area contributed by atoms with Crippen LogP contribution in [0.25, 0.3) is 34.3 Å². The van der Waals surface area contributed by atoms with Crippen LogP contribution in [0, 0.1) is 13.8 Å². The average Bonchev–Trinajstić information content (AvgIpc) is 3.21. The monoisotopic (exact) mass is 395 g/mol. The Morgan fingerprint density at radius 2 is 1.70 bits per heavy atom. The number of nitrogens with two attached hydrogens (primary N) is 1. The lowest BCUT2D eigenvalue weighted by atomic mass is 10.0. The smallest absolute Gasteiger partial charge is 0.250 e. The number of aromatic nitrogens is 4. The van der Waals surface area contributed by atoms with Crippen LogP contribution < -0.4 is 5.73 Å². The number of benzene rings is 2. The van der Waals surface area contributed by atoms with Crippen molar-refractivity contribution in [3.05, 3.63) is 90.0 Å². The molecule has 0 aliphatic carbocycles. The molecular weight excluding hydrogens is 374 g/mol. The van der Waals surface area contributed by atoms with Gasteiger partial charge in [-0.25, -0.2) is 9.67 Å². The third-order valence-electron chi connectivity index (χ3n) is 4.71. The Hall–Kier alpha value is -4.06. The SMILES string of the molecule is Cc1cc(C)cc(-c2ncn(/C=C(/C(N)=O)c3ccc(-c4cccnc4)cc3)n2)c1. The van der Waals surface area contributed by atoms with E-state index < -0.39 is 5.91 Å². The van der Waals surface area contributed by atoms with Crippen molar-refractivity contribution in [2.24, 2.45) is 5.73 Å². The highest BCUT2D eigenvalue weighted by molar-refractivity contribution is 6.22. The van der Waals surface area contributed by atoms with Crippen LogP contribution in [0.4, 0.5) is 0 Å². The van der Waals surface area contributed by atoms with Crippen molar-refractivity contribution in [3.63, 3.8) is 0 Å². The molecule has 1 amide bonds. The molecule has 0 aliphatic heterocycles. The van der Waals surface area contributed by atoms with Crippen molar-refractivity contribution in [1.29, 1.82) is 0 Å². The highest BCUT2D eigenvalue weighted by Gasteiger charge is 2.11. The maximum absolute atomic E-state index is 12.1. The molecule has 2 N–H and O–H groups in total. The van der Waals surface area contributed by atoms with Gasteiger partial charge in [0, 0.05) is 24.2 Å². The second-order valence-corrected chi connectivity index (χ2v) is 7.15. The molecule has 0 saturated carbocycles.